The molecule has 0 heterocycles. The molecule has 0 aliphatic rings. The van der Waals surface area contributed by atoms with E-state index in [1.807, 2.05) is 0 Å². The van der Waals surface area contributed by atoms with Gasteiger partial charge < -0.3 is 20.9 Å². The van der Waals surface area contributed by atoms with Gasteiger partial charge in [0.25, 0.3) is 5.91 Å². The van der Waals surface area contributed by atoms with Crippen molar-refractivity contribution in [1.82, 2.24) is 5.32 Å². The molecular weight excluding hydrogens is 275 g/mol. The van der Waals surface area contributed by atoms with Crippen LogP contribution >= 0.6 is 0 Å². The zero-order valence-corrected chi connectivity index (χ0v) is 11.4. The van der Waals surface area contributed by atoms with Gasteiger partial charge in [0.1, 0.15) is 17.3 Å². The summed E-state index contributed by atoms with van der Waals surface area (Å²) in [6.45, 7) is 0.142. The van der Waals surface area contributed by atoms with Gasteiger partial charge in [0.2, 0.25) is 0 Å². The first-order chi connectivity index (χ1) is 10.0. The third-order valence-corrected chi connectivity index (χ3v) is 2.95. The van der Waals surface area contributed by atoms with Gasteiger partial charge in [-0.2, -0.15) is 0 Å². The number of amides is 1. The predicted molar refractivity (Wildman–Crippen MR) is 76.6 cm³/mol. The maximum absolute atomic E-state index is 13.1. The lowest BCUT2D eigenvalue weighted by atomic mass is 10.1. The Morgan fingerprint density at radius 1 is 1.33 bits per heavy atom. The van der Waals surface area contributed by atoms with Crippen molar-refractivity contribution in [2.75, 3.05) is 12.8 Å². The van der Waals surface area contributed by atoms with Crippen molar-refractivity contribution in [3.63, 3.8) is 0 Å². The summed E-state index contributed by atoms with van der Waals surface area (Å²) in [5, 5.41) is 12.2. The van der Waals surface area contributed by atoms with E-state index in [0.29, 0.717) is 17.0 Å². The minimum Gasteiger partial charge on any atom is -0.507 e. The summed E-state index contributed by atoms with van der Waals surface area (Å²) in [7, 11) is 1.51. The molecule has 0 spiro atoms. The van der Waals surface area contributed by atoms with Crippen LogP contribution in [0.15, 0.2) is 36.4 Å². The summed E-state index contributed by atoms with van der Waals surface area (Å²) >= 11 is 0. The van der Waals surface area contributed by atoms with Gasteiger partial charge in [-0.1, -0.05) is 0 Å². The monoisotopic (exact) mass is 290 g/mol. The van der Waals surface area contributed by atoms with Gasteiger partial charge in [0.05, 0.1) is 12.7 Å². The molecule has 5 nitrogen and oxygen atoms in total. The normalized spacial score (nSPS) is 10.2. The average molecular weight is 290 g/mol. The fourth-order valence-electron chi connectivity index (χ4n) is 1.90. The molecule has 2 aromatic carbocycles. The summed E-state index contributed by atoms with van der Waals surface area (Å²) in [5.74, 6) is -0.891. The minimum absolute atomic E-state index is 0.127. The molecule has 0 unspecified atom stereocenters. The van der Waals surface area contributed by atoms with E-state index in [1.54, 1.807) is 18.2 Å². The molecule has 2 aromatic rings. The molecule has 0 aromatic heterocycles. The van der Waals surface area contributed by atoms with Crippen molar-refractivity contribution >= 4 is 11.6 Å². The molecule has 0 saturated carbocycles. The molecule has 0 fully saturated rings. The first kappa shape index (κ1) is 14.6. The van der Waals surface area contributed by atoms with Crippen LogP contribution in [0.5, 0.6) is 11.5 Å². The lowest BCUT2D eigenvalue weighted by molar-refractivity contribution is 0.0947. The summed E-state index contributed by atoms with van der Waals surface area (Å²) in [6.07, 6.45) is 0. The van der Waals surface area contributed by atoms with Crippen LogP contribution in [0, 0.1) is 5.82 Å². The molecule has 21 heavy (non-hydrogen) atoms. The molecule has 0 aliphatic heterocycles. The van der Waals surface area contributed by atoms with Crippen molar-refractivity contribution in [2.24, 2.45) is 0 Å². The van der Waals surface area contributed by atoms with E-state index < -0.39 is 11.7 Å². The number of halogens is 1. The van der Waals surface area contributed by atoms with E-state index in [-0.39, 0.29) is 17.9 Å². The van der Waals surface area contributed by atoms with E-state index in [0.717, 1.165) is 18.2 Å². The highest BCUT2D eigenvalue weighted by Crippen LogP contribution is 2.22. The zero-order chi connectivity index (χ0) is 15.4. The highest BCUT2D eigenvalue weighted by atomic mass is 19.1. The Kier molecular flexibility index (Phi) is 4.27. The smallest absolute Gasteiger partial charge is 0.255 e. The van der Waals surface area contributed by atoms with E-state index in [4.69, 9.17) is 10.5 Å². The molecular formula is C15H15FN2O3. The van der Waals surface area contributed by atoms with Crippen LogP contribution in [0.25, 0.3) is 0 Å². The van der Waals surface area contributed by atoms with Crippen LogP contribution in [0.1, 0.15) is 15.9 Å². The van der Waals surface area contributed by atoms with Gasteiger partial charge in [-0.05, 0) is 36.4 Å². The molecule has 1 amide bonds. The number of benzene rings is 2. The lowest BCUT2D eigenvalue weighted by Gasteiger charge is -2.11. The molecule has 2 rings (SSSR count). The van der Waals surface area contributed by atoms with Crippen LogP contribution in [-0.4, -0.2) is 18.1 Å². The van der Waals surface area contributed by atoms with Gasteiger partial charge in [-0.15, -0.1) is 0 Å². The number of nitrogens with two attached hydrogens (primary N) is 1. The number of carbonyl (C=O) groups is 1. The number of carbonyl (C=O) groups excluding carboxylic acids is 1. The Labute approximate surface area is 121 Å². The molecule has 0 atom stereocenters. The van der Waals surface area contributed by atoms with E-state index >= 15 is 0 Å². The van der Waals surface area contributed by atoms with Gasteiger partial charge in [-0.25, -0.2) is 4.39 Å². The highest BCUT2D eigenvalue weighted by molar-refractivity contribution is 5.96. The minimum atomic E-state index is -0.598. The summed E-state index contributed by atoms with van der Waals surface area (Å²) in [4.78, 5) is 12.0. The molecule has 0 aliphatic carbocycles. The number of phenols is 1. The van der Waals surface area contributed by atoms with Crippen LogP contribution < -0.4 is 15.8 Å². The first-order valence-corrected chi connectivity index (χ1v) is 6.20. The molecule has 0 radical (unpaired) electrons. The van der Waals surface area contributed by atoms with Gasteiger partial charge in [0.15, 0.2) is 0 Å². The lowest BCUT2D eigenvalue weighted by Crippen LogP contribution is -2.23. The Balaban J connectivity index is 2.14. The fourth-order valence-corrected chi connectivity index (χ4v) is 1.90. The average Bonchev–Trinajstić information content (AvgIpc) is 2.47. The van der Waals surface area contributed by atoms with Crippen LogP contribution in [0.2, 0.25) is 0 Å². The molecule has 110 valence electrons. The number of phenolic OH excluding ortho intramolecular Hbond substituents is 1. The second-order valence-electron chi connectivity index (χ2n) is 4.42. The number of rotatable bonds is 4. The number of nitrogen functional groups attached to an aromatic ring is 1. The van der Waals surface area contributed by atoms with Gasteiger partial charge in [0, 0.05) is 17.8 Å². The number of ether oxygens (including phenoxy) is 1. The van der Waals surface area contributed by atoms with Gasteiger partial charge >= 0.3 is 0 Å². The topological polar surface area (TPSA) is 84.6 Å². The van der Waals surface area contributed by atoms with Crippen molar-refractivity contribution in [3.8, 4) is 11.5 Å². The van der Waals surface area contributed by atoms with Crippen LogP contribution in [-0.2, 0) is 6.54 Å². The number of hydrogen-bond donors (Lipinski definition) is 3. The van der Waals surface area contributed by atoms with Crippen LogP contribution in [0.3, 0.4) is 0 Å². The Morgan fingerprint density at radius 2 is 2.10 bits per heavy atom. The zero-order valence-electron chi connectivity index (χ0n) is 11.4. The third-order valence-electron chi connectivity index (χ3n) is 2.95. The number of nitrogens with one attached hydrogen (secondary N) is 1. The Bertz CT molecular complexity index is 674. The standard InChI is InChI=1S/C15H15FN2O3/c1-21-14-5-3-11(17)6-9(14)8-18-15(20)12-7-10(16)2-4-13(12)19/h2-7,19H,8,17H2,1H3,(H,18,20). The van der Waals surface area contributed by atoms with E-state index in [9.17, 15) is 14.3 Å². The third kappa shape index (κ3) is 3.42. The Morgan fingerprint density at radius 3 is 2.81 bits per heavy atom. The summed E-state index contributed by atoms with van der Waals surface area (Å²) in [6, 6.07) is 8.23. The van der Waals surface area contributed by atoms with Crippen molar-refractivity contribution < 1.29 is 19.0 Å². The van der Waals surface area contributed by atoms with Crippen LogP contribution in [0.4, 0.5) is 10.1 Å². The van der Waals surface area contributed by atoms with Gasteiger partial charge in [-0.3, -0.25) is 4.79 Å². The summed E-state index contributed by atoms with van der Waals surface area (Å²) < 4.78 is 18.3. The van der Waals surface area contributed by atoms with Crippen molar-refractivity contribution in [2.45, 2.75) is 6.54 Å². The SMILES string of the molecule is COc1ccc(N)cc1CNC(=O)c1cc(F)ccc1O. The van der Waals surface area contributed by atoms with Crippen molar-refractivity contribution in [3.05, 3.63) is 53.3 Å². The van der Waals surface area contributed by atoms with E-state index in [1.165, 1.54) is 7.11 Å². The number of hydrogen-bond acceptors (Lipinski definition) is 4. The second-order valence-corrected chi connectivity index (χ2v) is 4.42. The molecule has 6 heteroatoms. The quantitative estimate of drug-likeness (QED) is 0.752. The summed E-state index contributed by atoms with van der Waals surface area (Å²) in [5.41, 5.74) is 6.78. The molecule has 0 saturated heterocycles. The van der Waals surface area contributed by atoms with Crippen molar-refractivity contribution in [1.29, 1.82) is 0 Å². The maximum atomic E-state index is 13.1. The van der Waals surface area contributed by atoms with E-state index in [2.05, 4.69) is 5.32 Å². The number of aromatic hydroxyl groups is 1. The number of anilines is 1. The highest BCUT2D eigenvalue weighted by Gasteiger charge is 2.13. The predicted octanol–water partition coefficient (Wildman–Crippen LogP) is 2.05. The first-order valence-electron chi connectivity index (χ1n) is 6.20. The molecule has 0 bridgehead atoms. The second kappa shape index (κ2) is 6.13. The number of methoxy groups -OCH3 is 1. The Hall–Kier alpha value is -2.76. The molecule has 4 N–H and O–H groups in total. The maximum Gasteiger partial charge on any atom is 0.255 e. The fraction of sp³-hybridized carbons (Fsp3) is 0.133. The largest absolute Gasteiger partial charge is 0.507 e.